The van der Waals surface area contributed by atoms with Crippen molar-refractivity contribution in [1.29, 1.82) is 0 Å². The first kappa shape index (κ1) is 17.6. The Morgan fingerprint density at radius 2 is 2.04 bits per heavy atom. The number of fused-ring (bicyclic) bond motifs is 1. The minimum Gasteiger partial charge on any atom is -0.495 e. The highest BCUT2D eigenvalue weighted by molar-refractivity contribution is 6.32. The van der Waals surface area contributed by atoms with E-state index >= 15 is 0 Å². The lowest BCUT2D eigenvalue weighted by molar-refractivity contribution is -0.120. The van der Waals surface area contributed by atoms with Crippen LogP contribution >= 0.6 is 11.6 Å². The predicted octanol–water partition coefficient (Wildman–Crippen LogP) is 3.25. The highest BCUT2D eigenvalue weighted by Crippen LogP contribution is 2.28. The van der Waals surface area contributed by atoms with E-state index in [1.54, 1.807) is 25.3 Å². The van der Waals surface area contributed by atoms with E-state index in [-0.39, 0.29) is 11.8 Å². The average Bonchev–Trinajstić information content (AvgIpc) is 3.12. The Morgan fingerprint density at radius 1 is 1.22 bits per heavy atom. The Morgan fingerprint density at radius 3 is 2.78 bits per heavy atom. The van der Waals surface area contributed by atoms with Crippen molar-refractivity contribution in [2.24, 2.45) is 5.92 Å². The molecule has 1 saturated heterocycles. The van der Waals surface area contributed by atoms with Crippen LogP contribution in [0.3, 0.4) is 0 Å². The van der Waals surface area contributed by atoms with Gasteiger partial charge in [-0.05, 0) is 43.2 Å². The van der Waals surface area contributed by atoms with Crippen LogP contribution in [0.15, 0.2) is 42.6 Å². The van der Waals surface area contributed by atoms with E-state index in [1.165, 1.54) is 0 Å². The molecule has 1 fully saturated rings. The summed E-state index contributed by atoms with van der Waals surface area (Å²) in [5.41, 5.74) is 1.50. The quantitative estimate of drug-likeness (QED) is 0.746. The molecule has 0 bridgehead atoms. The van der Waals surface area contributed by atoms with Crippen molar-refractivity contribution < 1.29 is 9.53 Å². The number of carbonyl (C=O) groups is 1. The van der Waals surface area contributed by atoms with Crippen molar-refractivity contribution in [3.8, 4) is 5.75 Å². The molecule has 0 spiro atoms. The molecule has 1 aromatic carbocycles. The summed E-state index contributed by atoms with van der Waals surface area (Å²) in [6, 6.07) is 11.1. The number of benzene rings is 1. The molecule has 1 aliphatic heterocycles. The molecular weight excluding hydrogens is 366 g/mol. The molecule has 1 aliphatic rings. The van der Waals surface area contributed by atoms with Crippen LogP contribution < -0.4 is 15.0 Å². The van der Waals surface area contributed by atoms with Gasteiger partial charge in [0.1, 0.15) is 5.75 Å². The van der Waals surface area contributed by atoms with Crippen molar-refractivity contribution in [3.05, 3.63) is 47.6 Å². The van der Waals surface area contributed by atoms with E-state index in [0.717, 1.165) is 37.5 Å². The number of ether oxygens (including phenoxy) is 1. The van der Waals surface area contributed by atoms with Gasteiger partial charge in [-0.15, -0.1) is 10.2 Å². The van der Waals surface area contributed by atoms with Crippen molar-refractivity contribution >= 4 is 34.8 Å². The summed E-state index contributed by atoms with van der Waals surface area (Å²) in [6.07, 6.45) is 3.48. The molecule has 0 radical (unpaired) electrons. The zero-order chi connectivity index (χ0) is 18.8. The van der Waals surface area contributed by atoms with Gasteiger partial charge in [-0.25, -0.2) is 0 Å². The minimum absolute atomic E-state index is 0.0157. The normalized spacial score (nSPS) is 15.1. The number of halogens is 1. The summed E-state index contributed by atoms with van der Waals surface area (Å²) in [5.74, 6) is 1.39. The Balaban J connectivity index is 1.38. The lowest BCUT2D eigenvalue weighted by Crippen LogP contribution is -2.39. The first-order valence-electron chi connectivity index (χ1n) is 8.85. The number of aromatic nitrogens is 3. The second kappa shape index (κ2) is 7.44. The van der Waals surface area contributed by atoms with Gasteiger partial charge in [0.2, 0.25) is 11.9 Å². The summed E-state index contributed by atoms with van der Waals surface area (Å²) in [7, 11) is 1.56. The molecule has 3 heterocycles. The third-order valence-electron chi connectivity index (χ3n) is 4.86. The standard InChI is InChI=1S/C19H20ClN5O2/c1-27-16-6-5-14(12-15(16)20)21-18(26)13-7-10-24(11-8-13)19-23-22-17-4-2-3-9-25(17)19/h2-6,9,12-13H,7-8,10-11H2,1H3,(H,21,26). The second-order valence-corrected chi connectivity index (χ2v) is 6.94. The average molecular weight is 386 g/mol. The number of methoxy groups -OCH3 is 1. The summed E-state index contributed by atoms with van der Waals surface area (Å²) in [6.45, 7) is 1.52. The number of amides is 1. The van der Waals surface area contributed by atoms with E-state index in [4.69, 9.17) is 16.3 Å². The molecule has 1 N–H and O–H groups in total. The molecule has 8 heteroatoms. The molecule has 4 rings (SSSR count). The van der Waals surface area contributed by atoms with E-state index in [0.29, 0.717) is 16.5 Å². The molecule has 0 saturated carbocycles. The summed E-state index contributed by atoms with van der Waals surface area (Å²) in [4.78, 5) is 14.8. The van der Waals surface area contributed by atoms with Crippen LogP contribution in [0.5, 0.6) is 5.75 Å². The number of nitrogens with one attached hydrogen (secondary N) is 1. The monoisotopic (exact) mass is 385 g/mol. The van der Waals surface area contributed by atoms with Crippen LogP contribution in [0.4, 0.5) is 11.6 Å². The highest BCUT2D eigenvalue weighted by Gasteiger charge is 2.27. The molecular formula is C19H20ClN5O2. The van der Waals surface area contributed by atoms with Gasteiger partial charge in [-0.1, -0.05) is 17.7 Å². The van der Waals surface area contributed by atoms with Crippen LogP contribution in [-0.2, 0) is 4.79 Å². The van der Waals surface area contributed by atoms with Crippen LogP contribution in [0.2, 0.25) is 5.02 Å². The lowest BCUT2D eigenvalue weighted by atomic mass is 9.96. The number of carbonyl (C=O) groups excluding carboxylic acids is 1. The van der Waals surface area contributed by atoms with Crippen molar-refractivity contribution in [1.82, 2.24) is 14.6 Å². The fraction of sp³-hybridized carbons (Fsp3) is 0.316. The van der Waals surface area contributed by atoms with Gasteiger partial charge in [0.15, 0.2) is 5.65 Å². The summed E-state index contributed by atoms with van der Waals surface area (Å²) >= 11 is 6.12. The van der Waals surface area contributed by atoms with E-state index < -0.39 is 0 Å². The van der Waals surface area contributed by atoms with Crippen LogP contribution in [-0.4, -0.2) is 40.7 Å². The Labute approximate surface area is 161 Å². The number of hydrogen-bond donors (Lipinski definition) is 1. The maximum absolute atomic E-state index is 12.6. The topological polar surface area (TPSA) is 71.8 Å². The Kier molecular flexibility index (Phi) is 4.85. The molecule has 1 amide bonds. The molecule has 2 aromatic heterocycles. The lowest BCUT2D eigenvalue weighted by Gasteiger charge is -2.31. The van der Waals surface area contributed by atoms with Crippen molar-refractivity contribution in [2.75, 3.05) is 30.4 Å². The molecule has 0 unspecified atom stereocenters. The maximum Gasteiger partial charge on any atom is 0.231 e. The fourth-order valence-electron chi connectivity index (χ4n) is 3.37. The van der Waals surface area contributed by atoms with Gasteiger partial charge >= 0.3 is 0 Å². The van der Waals surface area contributed by atoms with E-state index in [9.17, 15) is 4.79 Å². The van der Waals surface area contributed by atoms with Crippen LogP contribution in [0, 0.1) is 5.92 Å². The smallest absolute Gasteiger partial charge is 0.231 e. The number of nitrogens with zero attached hydrogens (tertiary/aromatic N) is 4. The van der Waals surface area contributed by atoms with Crippen LogP contribution in [0.1, 0.15) is 12.8 Å². The first-order valence-corrected chi connectivity index (χ1v) is 9.22. The first-order chi connectivity index (χ1) is 13.2. The second-order valence-electron chi connectivity index (χ2n) is 6.53. The van der Waals surface area contributed by atoms with Gasteiger partial charge in [0, 0.05) is 30.9 Å². The van der Waals surface area contributed by atoms with E-state index in [1.807, 2.05) is 28.8 Å². The number of anilines is 2. The maximum atomic E-state index is 12.6. The molecule has 0 atom stereocenters. The van der Waals surface area contributed by atoms with Crippen molar-refractivity contribution in [2.45, 2.75) is 12.8 Å². The zero-order valence-corrected chi connectivity index (χ0v) is 15.7. The Hall–Kier alpha value is -2.80. The van der Waals surface area contributed by atoms with Crippen molar-refractivity contribution in [3.63, 3.8) is 0 Å². The van der Waals surface area contributed by atoms with Crippen LogP contribution in [0.25, 0.3) is 5.65 Å². The van der Waals surface area contributed by atoms with Gasteiger partial charge in [0.05, 0.1) is 12.1 Å². The largest absolute Gasteiger partial charge is 0.495 e. The number of piperidine rings is 1. The molecule has 3 aromatic rings. The molecule has 140 valence electrons. The third kappa shape index (κ3) is 3.55. The van der Waals surface area contributed by atoms with Gasteiger partial charge in [-0.2, -0.15) is 0 Å². The van der Waals surface area contributed by atoms with Gasteiger partial charge in [0.25, 0.3) is 0 Å². The highest BCUT2D eigenvalue weighted by atomic mass is 35.5. The number of pyridine rings is 1. The fourth-order valence-corrected chi connectivity index (χ4v) is 3.63. The Bertz CT molecular complexity index is 966. The third-order valence-corrected chi connectivity index (χ3v) is 5.16. The van der Waals surface area contributed by atoms with E-state index in [2.05, 4.69) is 20.4 Å². The summed E-state index contributed by atoms with van der Waals surface area (Å²) < 4.78 is 7.11. The molecule has 7 nitrogen and oxygen atoms in total. The SMILES string of the molecule is COc1ccc(NC(=O)C2CCN(c3nnc4ccccn34)CC2)cc1Cl. The number of hydrogen-bond acceptors (Lipinski definition) is 5. The van der Waals surface area contributed by atoms with Gasteiger partial charge < -0.3 is 15.0 Å². The molecule has 0 aliphatic carbocycles. The zero-order valence-electron chi connectivity index (χ0n) is 14.9. The summed E-state index contributed by atoms with van der Waals surface area (Å²) in [5, 5.41) is 11.9. The predicted molar refractivity (Wildman–Crippen MR) is 105 cm³/mol. The minimum atomic E-state index is -0.0405. The number of rotatable bonds is 4. The molecule has 27 heavy (non-hydrogen) atoms. The van der Waals surface area contributed by atoms with Gasteiger partial charge in [-0.3, -0.25) is 9.20 Å².